The van der Waals surface area contributed by atoms with Gasteiger partial charge < -0.3 is 20.3 Å². The van der Waals surface area contributed by atoms with E-state index in [4.69, 9.17) is 4.74 Å². The van der Waals surface area contributed by atoms with Crippen molar-refractivity contribution in [1.29, 1.82) is 0 Å². The number of hydrogen-bond donors (Lipinski definition) is 3. The van der Waals surface area contributed by atoms with Gasteiger partial charge in [0.05, 0.1) is 25.2 Å². The number of allylic oxidation sites excluding steroid dienone is 12. The van der Waals surface area contributed by atoms with Crippen molar-refractivity contribution in [1.82, 2.24) is 5.32 Å². The first-order valence-corrected chi connectivity index (χ1v) is 30.2. The fourth-order valence-electron chi connectivity index (χ4n) is 8.98. The molecule has 0 rings (SSSR count). The van der Waals surface area contributed by atoms with Crippen molar-refractivity contribution in [2.75, 3.05) is 6.61 Å². The maximum Gasteiger partial charge on any atom is 0.306 e. The number of hydrogen-bond acceptors (Lipinski definition) is 5. The topological polar surface area (TPSA) is 95.9 Å². The van der Waals surface area contributed by atoms with Crippen LogP contribution in [0.25, 0.3) is 0 Å². The van der Waals surface area contributed by atoms with Gasteiger partial charge in [0.15, 0.2) is 0 Å². The molecule has 0 aliphatic rings. The second-order valence-electron chi connectivity index (χ2n) is 20.4. The first-order chi connectivity index (χ1) is 34.5. The zero-order valence-corrected chi connectivity index (χ0v) is 46.4. The highest BCUT2D eigenvalue weighted by molar-refractivity contribution is 5.77. The first kappa shape index (κ1) is 67.3. The minimum Gasteiger partial charge on any atom is -0.462 e. The van der Waals surface area contributed by atoms with Crippen molar-refractivity contribution in [3.05, 3.63) is 72.9 Å². The maximum absolute atomic E-state index is 13.3. The summed E-state index contributed by atoms with van der Waals surface area (Å²) in [6.07, 6.45) is 74.0. The summed E-state index contributed by atoms with van der Waals surface area (Å²) in [6, 6.07) is -0.717. The molecule has 0 aromatic carbocycles. The molecule has 0 aromatic rings. The molecule has 0 aromatic heterocycles. The molecule has 0 radical (unpaired) electrons. The average Bonchev–Trinajstić information content (AvgIpc) is 3.35. The van der Waals surface area contributed by atoms with Gasteiger partial charge in [0.1, 0.15) is 6.10 Å². The Bertz CT molecular complexity index is 1280. The molecule has 0 heterocycles. The predicted octanol–water partition coefficient (Wildman–Crippen LogP) is 18.9. The largest absolute Gasteiger partial charge is 0.462 e. The van der Waals surface area contributed by atoms with Crippen LogP contribution in [0.3, 0.4) is 0 Å². The smallest absolute Gasteiger partial charge is 0.306 e. The molecule has 3 N–H and O–H groups in total. The van der Waals surface area contributed by atoms with Gasteiger partial charge in [-0.2, -0.15) is 0 Å². The summed E-state index contributed by atoms with van der Waals surface area (Å²) in [5.41, 5.74) is 0. The number of carbonyl (C=O) groups is 2. The SMILES string of the molecule is CC/C=C\C/C=C\C/C=C\C/C=C\C/C=C\CCCCCC(=O)OC(CCCCC/C=C/CCCCCCCCCCC)CC(=O)NC(CO)C(O)CCCCCCCCCCCCCCCCCC. The van der Waals surface area contributed by atoms with Gasteiger partial charge in [0.2, 0.25) is 5.91 Å². The number of aliphatic hydroxyl groups is 2. The van der Waals surface area contributed by atoms with Crippen molar-refractivity contribution in [3.63, 3.8) is 0 Å². The van der Waals surface area contributed by atoms with Crippen LogP contribution >= 0.6 is 0 Å². The van der Waals surface area contributed by atoms with E-state index >= 15 is 0 Å². The van der Waals surface area contributed by atoms with Gasteiger partial charge in [0.25, 0.3) is 0 Å². The summed E-state index contributed by atoms with van der Waals surface area (Å²) in [6.45, 7) is 6.39. The minimum absolute atomic E-state index is 0.0523. The molecular weight excluding hydrogens is 863 g/mol. The van der Waals surface area contributed by atoms with Crippen LogP contribution in [0.1, 0.15) is 297 Å². The molecule has 0 aliphatic heterocycles. The molecule has 3 atom stereocenters. The van der Waals surface area contributed by atoms with E-state index in [-0.39, 0.29) is 24.9 Å². The van der Waals surface area contributed by atoms with Gasteiger partial charge in [-0.3, -0.25) is 9.59 Å². The van der Waals surface area contributed by atoms with Crippen LogP contribution in [0.5, 0.6) is 0 Å². The quantitative estimate of drug-likeness (QED) is 0.0321. The third-order valence-electron chi connectivity index (χ3n) is 13.5. The molecule has 406 valence electrons. The number of amides is 1. The van der Waals surface area contributed by atoms with E-state index in [0.717, 1.165) is 109 Å². The molecule has 0 saturated heterocycles. The fourth-order valence-corrected chi connectivity index (χ4v) is 8.98. The standard InChI is InChI=1S/C64H115NO5/c1-4-7-10-13-16-19-22-25-28-31-32-33-36-39-42-45-48-51-54-57-64(69)70-60(55-52-49-46-43-40-37-34-29-26-23-20-17-14-11-8-5-2)58-63(68)65-61(59-66)62(67)56-53-50-47-44-41-38-35-30-27-24-21-18-15-12-9-6-3/h7,10,16,19,25,28,32-33,37,39-40,42,60-62,66-67H,4-6,8-9,11-15,17-18,20-24,26-27,29-31,34-36,38,41,43-59H2,1-3H3,(H,65,68)/b10-7-,19-16-,28-25-,33-32-,40-37+,42-39-. The summed E-state index contributed by atoms with van der Waals surface area (Å²) in [4.78, 5) is 26.3. The molecule has 70 heavy (non-hydrogen) atoms. The zero-order valence-electron chi connectivity index (χ0n) is 46.4. The van der Waals surface area contributed by atoms with Crippen LogP contribution in [-0.2, 0) is 14.3 Å². The van der Waals surface area contributed by atoms with Gasteiger partial charge in [-0.15, -0.1) is 0 Å². The maximum atomic E-state index is 13.3. The molecule has 3 unspecified atom stereocenters. The molecule has 0 spiro atoms. The van der Waals surface area contributed by atoms with E-state index in [9.17, 15) is 19.8 Å². The van der Waals surface area contributed by atoms with E-state index in [1.165, 1.54) is 141 Å². The van der Waals surface area contributed by atoms with E-state index in [1.807, 2.05) is 0 Å². The Balaban J connectivity index is 4.63. The Kier molecular flexibility index (Phi) is 55.0. The molecule has 0 fully saturated rings. The van der Waals surface area contributed by atoms with Crippen LogP contribution < -0.4 is 5.32 Å². The Morgan fingerprint density at radius 2 is 0.771 bits per heavy atom. The lowest BCUT2D eigenvalue weighted by Gasteiger charge is -2.24. The molecule has 0 aliphatic carbocycles. The van der Waals surface area contributed by atoms with Crippen molar-refractivity contribution in [3.8, 4) is 0 Å². The minimum atomic E-state index is -0.801. The number of unbranched alkanes of at least 4 members (excludes halogenated alkanes) is 30. The van der Waals surface area contributed by atoms with Gasteiger partial charge in [-0.1, -0.05) is 261 Å². The Hall–Kier alpha value is -2.70. The van der Waals surface area contributed by atoms with Crippen LogP contribution in [0, 0.1) is 0 Å². The zero-order chi connectivity index (χ0) is 50.9. The number of carbonyl (C=O) groups excluding carboxylic acids is 2. The van der Waals surface area contributed by atoms with Crippen molar-refractivity contribution >= 4 is 11.9 Å². The highest BCUT2D eigenvalue weighted by Gasteiger charge is 2.24. The molecule has 6 nitrogen and oxygen atoms in total. The third-order valence-corrected chi connectivity index (χ3v) is 13.5. The number of ether oxygens (including phenoxy) is 1. The second kappa shape index (κ2) is 57.2. The summed E-state index contributed by atoms with van der Waals surface area (Å²) in [5.74, 6) is -0.520. The number of esters is 1. The summed E-state index contributed by atoms with van der Waals surface area (Å²) >= 11 is 0. The van der Waals surface area contributed by atoms with Gasteiger partial charge >= 0.3 is 5.97 Å². The van der Waals surface area contributed by atoms with Crippen molar-refractivity contribution < 1.29 is 24.5 Å². The Labute approximate surface area is 434 Å². The Morgan fingerprint density at radius 1 is 0.429 bits per heavy atom. The van der Waals surface area contributed by atoms with E-state index in [1.54, 1.807) is 0 Å². The summed E-state index contributed by atoms with van der Waals surface area (Å²) in [5, 5.41) is 23.9. The molecule has 0 bridgehead atoms. The van der Waals surface area contributed by atoms with Crippen molar-refractivity contribution in [2.24, 2.45) is 0 Å². The van der Waals surface area contributed by atoms with E-state index < -0.39 is 18.2 Å². The van der Waals surface area contributed by atoms with Crippen molar-refractivity contribution in [2.45, 2.75) is 315 Å². The van der Waals surface area contributed by atoms with Gasteiger partial charge in [0, 0.05) is 6.42 Å². The fraction of sp³-hybridized carbons (Fsp3) is 0.781. The highest BCUT2D eigenvalue weighted by atomic mass is 16.5. The van der Waals surface area contributed by atoms with Gasteiger partial charge in [-0.25, -0.2) is 0 Å². The number of aliphatic hydroxyl groups excluding tert-OH is 2. The normalized spacial score (nSPS) is 13.6. The first-order valence-electron chi connectivity index (χ1n) is 30.2. The predicted molar refractivity (Wildman–Crippen MR) is 305 cm³/mol. The van der Waals surface area contributed by atoms with E-state index in [0.29, 0.717) is 19.3 Å². The number of nitrogens with one attached hydrogen (secondary N) is 1. The van der Waals surface area contributed by atoms with Crippen LogP contribution in [0.4, 0.5) is 0 Å². The lowest BCUT2D eigenvalue weighted by atomic mass is 10.0. The number of rotatable bonds is 54. The van der Waals surface area contributed by atoms with Crippen LogP contribution in [0.15, 0.2) is 72.9 Å². The summed E-state index contributed by atoms with van der Waals surface area (Å²) in [7, 11) is 0. The Morgan fingerprint density at radius 3 is 1.20 bits per heavy atom. The molecule has 0 saturated carbocycles. The van der Waals surface area contributed by atoms with Crippen LogP contribution in [-0.4, -0.2) is 46.9 Å². The van der Waals surface area contributed by atoms with Gasteiger partial charge in [-0.05, 0) is 96.3 Å². The van der Waals surface area contributed by atoms with Crippen LogP contribution in [0.2, 0.25) is 0 Å². The monoisotopic (exact) mass is 978 g/mol. The molecule has 1 amide bonds. The highest BCUT2D eigenvalue weighted by Crippen LogP contribution is 2.18. The lowest BCUT2D eigenvalue weighted by molar-refractivity contribution is -0.151. The molecular formula is C64H115NO5. The summed E-state index contributed by atoms with van der Waals surface area (Å²) < 4.78 is 5.95. The molecule has 6 heteroatoms. The third kappa shape index (κ3) is 51.6. The average molecular weight is 979 g/mol. The van der Waals surface area contributed by atoms with E-state index in [2.05, 4.69) is 99.0 Å². The second-order valence-corrected chi connectivity index (χ2v) is 20.4. The lowest BCUT2D eigenvalue weighted by Crippen LogP contribution is -2.46.